The summed E-state index contributed by atoms with van der Waals surface area (Å²) in [7, 11) is 0. The minimum absolute atomic E-state index is 0.00526. The SMILES string of the molecule is O=c1[nH]c2nonc2nc1Nc1cccc(-c2ccc3c(c2)OC(F)(F)O3)c1. The minimum Gasteiger partial charge on any atom is -0.395 e. The lowest BCUT2D eigenvalue weighted by Gasteiger charge is -2.08. The Balaban J connectivity index is 1.47. The van der Waals surface area contributed by atoms with E-state index in [0.29, 0.717) is 16.8 Å². The lowest BCUT2D eigenvalue weighted by Crippen LogP contribution is -2.25. The molecule has 1 aliphatic heterocycles. The summed E-state index contributed by atoms with van der Waals surface area (Å²) in [6, 6.07) is 11.4. The molecule has 9 nitrogen and oxygen atoms in total. The van der Waals surface area contributed by atoms with Gasteiger partial charge in [-0.15, -0.1) is 8.78 Å². The molecule has 0 radical (unpaired) electrons. The van der Waals surface area contributed by atoms with Crippen molar-refractivity contribution in [3.63, 3.8) is 0 Å². The average molecular weight is 385 g/mol. The largest absolute Gasteiger partial charge is 0.586 e. The first-order chi connectivity index (χ1) is 13.5. The number of nitrogens with zero attached hydrogens (tertiary/aromatic N) is 3. The second kappa shape index (κ2) is 5.74. The number of alkyl halides is 2. The van der Waals surface area contributed by atoms with Gasteiger partial charge in [0.25, 0.3) is 5.56 Å². The highest BCUT2D eigenvalue weighted by molar-refractivity contribution is 5.73. The number of rotatable bonds is 3. The molecule has 0 amide bonds. The molecule has 0 bridgehead atoms. The Morgan fingerprint density at radius 1 is 1.00 bits per heavy atom. The van der Waals surface area contributed by atoms with E-state index < -0.39 is 11.9 Å². The van der Waals surface area contributed by atoms with Gasteiger partial charge in [-0.2, -0.15) is 4.98 Å². The summed E-state index contributed by atoms with van der Waals surface area (Å²) in [6.07, 6.45) is -3.67. The van der Waals surface area contributed by atoms with Crippen LogP contribution in [0.15, 0.2) is 51.9 Å². The zero-order valence-electron chi connectivity index (χ0n) is 13.8. The molecule has 0 spiro atoms. The van der Waals surface area contributed by atoms with E-state index in [-0.39, 0.29) is 28.6 Å². The number of halogens is 2. The molecule has 2 aromatic heterocycles. The molecule has 5 rings (SSSR count). The summed E-state index contributed by atoms with van der Waals surface area (Å²) in [5.74, 6) is -0.0816. The second-order valence-corrected chi connectivity index (χ2v) is 5.89. The van der Waals surface area contributed by atoms with Crippen LogP contribution >= 0.6 is 0 Å². The maximum absolute atomic E-state index is 13.2. The topological polar surface area (TPSA) is 115 Å². The molecule has 140 valence electrons. The molecule has 0 aliphatic carbocycles. The van der Waals surface area contributed by atoms with Crippen molar-refractivity contribution in [1.82, 2.24) is 20.3 Å². The van der Waals surface area contributed by atoms with Gasteiger partial charge < -0.3 is 14.8 Å². The summed E-state index contributed by atoms with van der Waals surface area (Å²) >= 11 is 0. The molecular formula is C17H9F2N5O4. The molecule has 0 saturated carbocycles. The van der Waals surface area contributed by atoms with Crippen LogP contribution in [0.2, 0.25) is 0 Å². The van der Waals surface area contributed by atoms with E-state index in [1.807, 2.05) is 0 Å². The number of H-pyrrole nitrogens is 1. The van der Waals surface area contributed by atoms with E-state index in [4.69, 9.17) is 0 Å². The normalized spacial score (nSPS) is 14.4. The molecule has 2 aromatic carbocycles. The van der Waals surface area contributed by atoms with E-state index in [0.717, 1.165) is 0 Å². The van der Waals surface area contributed by atoms with Crippen molar-refractivity contribution in [1.29, 1.82) is 0 Å². The highest BCUT2D eigenvalue weighted by Crippen LogP contribution is 2.43. The van der Waals surface area contributed by atoms with Crippen LogP contribution in [0.3, 0.4) is 0 Å². The lowest BCUT2D eigenvalue weighted by atomic mass is 10.0. The van der Waals surface area contributed by atoms with Gasteiger partial charge in [-0.25, -0.2) is 4.63 Å². The first-order valence-corrected chi connectivity index (χ1v) is 7.97. The third-order valence-corrected chi connectivity index (χ3v) is 4.00. The summed E-state index contributed by atoms with van der Waals surface area (Å²) in [5.41, 5.74) is 1.67. The van der Waals surface area contributed by atoms with Crippen molar-refractivity contribution in [2.75, 3.05) is 5.32 Å². The van der Waals surface area contributed by atoms with E-state index in [1.165, 1.54) is 12.1 Å². The molecule has 1 aliphatic rings. The third kappa shape index (κ3) is 2.78. The van der Waals surface area contributed by atoms with Crippen LogP contribution in [0.1, 0.15) is 0 Å². The molecular weight excluding hydrogens is 376 g/mol. The quantitative estimate of drug-likeness (QED) is 0.553. The van der Waals surface area contributed by atoms with Crippen molar-refractivity contribution >= 4 is 22.8 Å². The van der Waals surface area contributed by atoms with Crippen molar-refractivity contribution in [3.05, 3.63) is 52.8 Å². The fourth-order valence-corrected chi connectivity index (χ4v) is 2.79. The Morgan fingerprint density at radius 3 is 2.71 bits per heavy atom. The molecule has 4 aromatic rings. The van der Waals surface area contributed by atoms with Gasteiger partial charge in [-0.3, -0.25) is 9.78 Å². The smallest absolute Gasteiger partial charge is 0.395 e. The highest BCUT2D eigenvalue weighted by Gasteiger charge is 2.43. The number of anilines is 2. The molecule has 0 saturated heterocycles. The first kappa shape index (κ1) is 16.2. The standard InChI is InChI=1S/C17H9F2N5O4/c18-17(19)26-11-5-4-9(7-12(11)27-17)8-2-1-3-10(6-8)20-15-16(25)22-14-13(21-15)23-28-24-14/h1-7H,(H,20,21,23)(H,22,24,25). The first-order valence-electron chi connectivity index (χ1n) is 7.97. The number of fused-ring (bicyclic) bond motifs is 2. The van der Waals surface area contributed by atoms with Gasteiger partial charge in [0.1, 0.15) is 0 Å². The Bertz CT molecular complexity index is 1270. The monoisotopic (exact) mass is 385 g/mol. The molecule has 0 unspecified atom stereocenters. The fourth-order valence-electron chi connectivity index (χ4n) is 2.79. The van der Waals surface area contributed by atoms with E-state index >= 15 is 0 Å². The zero-order chi connectivity index (χ0) is 19.3. The number of aromatic nitrogens is 4. The van der Waals surface area contributed by atoms with Crippen LogP contribution in [0, 0.1) is 0 Å². The molecule has 11 heteroatoms. The van der Waals surface area contributed by atoms with Gasteiger partial charge in [0.05, 0.1) is 0 Å². The minimum atomic E-state index is -3.67. The van der Waals surface area contributed by atoms with E-state index in [9.17, 15) is 13.6 Å². The number of benzene rings is 2. The van der Waals surface area contributed by atoms with Gasteiger partial charge in [0.2, 0.25) is 11.3 Å². The molecule has 2 N–H and O–H groups in total. The molecule has 28 heavy (non-hydrogen) atoms. The van der Waals surface area contributed by atoms with E-state index in [1.54, 1.807) is 30.3 Å². The van der Waals surface area contributed by atoms with Crippen LogP contribution < -0.4 is 20.3 Å². The second-order valence-electron chi connectivity index (χ2n) is 5.89. The average Bonchev–Trinajstić information content (AvgIpc) is 3.23. The zero-order valence-corrected chi connectivity index (χ0v) is 13.8. The fraction of sp³-hybridized carbons (Fsp3) is 0.0588. The summed E-state index contributed by atoms with van der Waals surface area (Å²) in [5, 5.41) is 9.98. The predicted molar refractivity (Wildman–Crippen MR) is 91.6 cm³/mol. The van der Waals surface area contributed by atoms with Gasteiger partial charge >= 0.3 is 6.29 Å². The Kier molecular flexibility index (Phi) is 3.32. The number of aromatic amines is 1. The maximum atomic E-state index is 13.2. The van der Waals surface area contributed by atoms with Crippen LogP contribution in [-0.2, 0) is 0 Å². The predicted octanol–water partition coefficient (Wildman–Crippen LogP) is 3.04. The van der Waals surface area contributed by atoms with Crippen molar-refractivity contribution in [3.8, 4) is 22.6 Å². The summed E-state index contributed by atoms with van der Waals surface area (Å²) < 4.78 is 39.8. The van der Waals surface area contributed by atoms with Crippen LogP contribution in [0.4, 0.5) is 20.3 Å². The highest BCUT2D eigenvalue weighted by atomic mass is 19.3. The van der Waals surface area contributed by atoms with Crippen molar-refractivity contribution < 1.29 is 22.9 Å². The summed E-state index contributed by atoms with van der Waals surface area (Å²) in [6.45, 7) is 0. The Hall–Kier alpha value is -4.02. The number of nitrogens with one attached hydrogen (secondary N) is 2. The molecule has 0 atom stereocenters. The van der Waals surface area contributed by atoms with Crippen LogP contribution in [0.5, 0.6) is 11.5 Å². The third-order valence-electron chi connectivity index (χ3n) is 4.00. The lowest BCUT2D eigenvalue weighted by molar-refractivity contribution is -0.286. The number of ether oxygens (including phenoxy) is 2. The summed E-state index contributed by atoms with van der Waals surface area (Å²) in [4.78, 5) is 18.6. The van der Waals surface area contributed by atoms with Gasteiger partial charge in [-0.05, 0) is 45.7 Å². The van der Waals surface area contributed by atoms with Crippen molar-refractivity contribution in [2.24, 2.45) is 0 Å². The Labute approximate surface area is 153 Å². The Morgan fingerprint density at radius 2 is 1.82 bits per heavy atom. The maximum Gasteiger partial charge on any atom is 0.586 e. The van der Waals surface area contributed by atoms with Gasteiger partial charge in [0.15, 0.2) is 17.3 Å². The number of hydrogen-bond acceptors (Lipinski definition) is 8. The van der Waals surface area contributed by atoms with Crippen molar-refractivity contribution in [2.45, 2.75) is 6.29 Å². The number of hydrogen-bond donors (Lipinski definition) is 2. The molecule has 3 heterocycles. The van der Waals surface area contributed by atoms with E-state index in [2.05, 4.69) is 39.7 Å². The van der Waals surface area contributed by atoms with Crippen LogP contribution in [-0.4, -0.2) is 26.6 Å². The van der Waals surface area contributed by atoms with Crippen LogP contribution in [0.25, 0.3) is 22.4 Å². The van der Waals surface area contributed by atoms with Gasteiger partial charge in [0, 0.05) is 5.69 Å². The molecule has 0 fully saturated rings. The van der Waals surface area contributed by atoms with Gasteiger partial charge in [-0.1, -0.05) is 18.2 Å².